The third-order valence-corrected chi connectivity index (χ3v) is 4.74. The maximum absolute atomic E-state index is 12.3. The molecule has 0 amide bonds. The van der Waals surface area contributed by atoms with Gasteiger partial charge in [-0.1, -0.05) is 6.92 Å². The monoisotopic (exact) mass is 165 g/mol. The predicted molar refractivity (Wildman–Crippen MR) is 46.1 cm³/mol. The van der Waals surface area contributed by atoms with Crippen LogP contribution in [0.2, 0.25) is 0 Å². The summed E-state index contributed by atoms with van der Waals surface area (Å²) in [4.78, 5) is 0. The van der Waals surface area contributed by atoms with Gasteiger partial charge in [-0.2, -0.15) is 0 Å². The molecule has 4 aliphatic carbocycles. The molecule has 1 heteroatoms. The molecule has 0 N–H and O–H groups in total. The summed E-state index contributed by atoms with van der Waals surface area (Å²) >= 11 is 0. The van der Waals surface area contributed by atoms with Gasteiger partial charge in [-0.25, -0.2) is 5.11 Å². The smallest absolute Gasteiger partial charge is 0.107 e. The van der Waals surface area contributed by atoms with E-state index in [4.69, 9.17) is 0 Å². The number of hydrogen-bond donors (Lipinski definition) is 0. The van der Waals surface area contributed by atoms with Crippen molar-refractivity contribution in [3.8, 4) is 0 Å². The van der Waals surface area contributed by atoms with Crippen molar-refractivity contribution in [2.24, 2.45) is 23.7 Å². The van der Waals surface area contributed by atoms with E-state index < -0.39 is 5.60 Å². The second-order valence-electron chi connectivity index (χ2n) is 5.46. The highest BCUT2D eigenvalue weighted by atomic mass is 16.3. The topological polar surface area (TPSA) is 19.9 Å². The molecule has 0 aromatic rings. The lowest BCUT2D eigenvalue weighted by Crippen LogP contribution is -2.55. The fraction of sp³-hybridized carbons (Fsp3) is 1.00. The predicted octanol–water partition coefficient (Wildman–Crippen LogP) is 2.63. The van der Waals surface area contributed by atoms with Crippen LogP contribution in [0.5, 0.6) is 0 Å². The highest BCUT2D eigenvalue weighted by molar-refractivity contribution is 5.05. The van der Waals surface area contributed by atoms with Crippen LogP contribution in [-0.2, 0) is 5.11 Å². The van der Waals surface area contributed by atoms with Crippen molar-refractivity contribution >= 4 is 0 Å². The quantitative estimate of drug-likeness (QED) is 0.526. The Morgan fingerprint density at radius 1 is 1.08 bits per heavy atom. The maximum atomic E-state index is 12.3. The lowest BCUT2D eigenvalue weighted by Gasteiger charge is -2.56. The lowest BCUT2D eigenvalue weighted by molar-refractivity contribution is -0.198. The minimum Gasteiger partial charge on any atom is -0.229 e. The minimum absolute atomic E-state index is 0.477. The second-order valence-corrected chi connectivity index (χ2v) is 5.46. The number of hydrogen-bond acceptors (Lipinski definition) is 0. The fourth-order valence-electron chi connectivity index (χ4n) is 4.22. The van der Waals surface area contributed by atoms with Crippen molar-refractivity contribution in [2.45, 2.75) is 44.6 Å². The van der Waals surface area contributed by atoms with Crippen LogP contribution in [0.25, 0.3) is 0 Å². The second kappa shape index (κ2) is 2.06. The summed E-state index contributed by atoms with van der Waals surface area (Å²) in [7, 11) is 0. The third kappa shape index (κ3) is 0.783. The highest BCUT2D eigenvalue weighted by Gasteiger charge is 2.55. The highest BCUT2D eigenvalue weighted by Crippen LogP contribution is 2.58. The molecular weight excluding hydrogens is 148 g/mol. The van der Waals surface area contributed by atoms with E-state index in [1.807, 2.05) is 0 Å². The molecule has 0 aromatic heterocycles. The van der Waals surface area contributed by atoms with Crippen molar-refractivity contribution in [3.63, 3.8) is 0 Å². The van der Waals surface area contributed by atoms with Crippen LogP contribution in [-0.4, -0.2) is 5.60 Å². The van der Waals surface area contributed by atoms with Crippen molar-refractivity contribution in [3.05, 3.63) is 0 Å². The molecule has 0 spiro atoms. The zero-order valence-electron chi connectivity index (χ0n) is 7.75. The molecule has 4 rings (SSSR count). The van der Waals surface area contributed by atoms with E-state index in [0.717, 1.165) is 30.6 Å². The SMILES string of the molecule is CC1C2CC3CC(C2)CC1([O])C3. The van der Waals surface area contributed by atoms with E-state index in [9.17, 15) is 5.11 Å². The molecule has 1 nitrogen and oxygen atoms in total. The Morgan fingerprint density at radius 2 is 1.67 bits per heavy atom. The Labute approximate surface area is 74.2 Å². The summed E-state index contributed by atoms with van der Waals surface area (Å²) in [5, 5.41) is 12.3. The summed E-state index contributed by atoms with van der Waals surface area (Å²) in [6.45, 7) is 2.20. The first-order chi connectivity index (χ1) is 5.67. The molecule has 4 fully saturated rings. The van der Waals surface area contributed by atoms with E-state index in [1.54, 1.807) is 0 Å². The molecule has 1 radical (unpaired) electrons. The van der Waals surface area contributed by atoms with Gasteiger partial charge in [0.1, 0.15) is 5.60 Å². The van der Waals surface area contributed by atoms with E-state index in [-0.39, 0.29) is 0 Å². The van der Waals surface area contributed by atoms with Gasteiger partial charge in [0.25, 0.3) is 0 Å². The third-order valence-electron chi connectivity index (χ3n) is 4.74. The first-order valence-electron chi connectivity index (χ1n) is 5.38. The number of rotatable bonds is 0. The molecular formula is C11H17O. The van der Waals surface area contributed by atoms with Gasteiger partial charge < -0.3 is 0 Å². The van der Waals surface area contributed by atoms with Crippen LogP contribution in [0.1, 0.15) is 39.0 Å². The fourth-order valence-corrected chi connectivity index (χ4v) is 4.22. The van der Waals surface area contributed by atoms with E-state index in [0.29, 0.717) is 5.92 Å². The van der Waals surface area contributed by atoms with Gasteiger partial charge in [0.2, 0.25) is 0 Å². The van der Waals surface area contributed by atoms with Gasteiger partial charge in [0.15, 0.2) is 0 Å². The van der Waals surface area contributed by atoms with E-state index in [2.05, 4.69) is 6.92 Å². The Bertz CT molecular complexity index is 197. The first-order valence-corrected chi connectivity index (χ1v) is 5.38. The van der Waals surface area contributed by atoms with Crippen LogP contribution >= 0.6 is 0 Å². The van der Waals surface area contributed by atoms with Crippen molar-refractivity contribution in [2.75, 3.05) is 0 Å². The summed E-state index contributed by atoms with van der Waals surface area (Å²) < 4.78 is 0. The average Bonchev–Trinajstić information content (AvgIpc) is 1.98. The molecule has 4 aliphatic rings. The van der Waals surface area contributed by atoms with Crippen LogP contribution < -0.4 is 0 Å². The van der Waals surface area contributed by atoms with Crippen LogP contribution in [0, 0.1) is 23.7 Å². The first kappa shape index (κ1) is 7.37. The molecule has 4 bridgehead atoms. The summed E-state index contributed by atoms with van der Waals surface area (Å²) in [5.41, 5.74) is -0.491. The van der Waals surface area contributed by atoms with Crippen LogP contribution in [0.15, 0.2) is 0 Å². The van der Waals surface area contributed by atoms with Gasteiger partial charge in [0.05, 0.1) is 0 Å². The Morgan fingerprint density at radius 3 is 2.17 bits per heavy atom. The van der Waals surface area contributed by atoms with Crippen LogP contribution in [0.3, 0.4) is 0 Å². The molecule has 0 aliphatic heterocycles. The Kier molecular flexibility index (Phi) is 1.27. The zero-order valence-corrected chi connectivity index (χ0v) is 7.75. The molecule has 0 heterocycles. The molecule has 3 unspecified atom stereocenters. The lowest BCUT2D eigenvalue weighted by atomic mass is 9.50. The van der Waals surface area contributed by atoms with Crippen molar-refractivity contribution < 1.29 is 5.11 Å². The van der Waals surface area contributed by atoms with E-state index in [1.165, 1.54) is 19.3 Å². The van der Waals surface area contributed by atoms with Crippen molar-refractivity contribution in [1.82, 2.24) is 0 Å². The van der Waals surface area contributed by atoms with Gasteiger partial charge in [-0.15, -0.1) is 0 Å². The molecule has 12 heavy (non-hydrogen) atoms. The Balaban J connectivity index is 1.97. The molecule has 0 aromatic carbocycles. The maximum Gasteiger partial charge on any atom is 0.107 e. The molecule has 67 valence electrons. The van der Waals surface area contributed by atoms with E-state index >= 15 is 0 Å². The van der Waals surface area contributed by atoms with Gasteiger partial charge in [-0.05, 0) is 55.8 Å². The summed E-state index contributed by atoms with van der Waals surface area (Å²) in [5.74, 6) is 2.91. The summed E-state index contributed by atoms with van der Waals surface area (Å²) in [6, 6.07) is 0. The standard InChI is InChI=1S/C11H17O/c1-7-10-3-8-2-9(4-10)6-11(7,12)5-8/h7-10H,2-6H2,1H3. The largest absolute Gasteiger partial charge is 0.229 e. The van der Waals surface area contributed by atoms with Crippen LogP contribution in [0.4, 0.5) is 0 Å². The van der Waals surface area contributed by atoms with Gasteiger partial charge in [-0.3, -0.25) is 0 Å². The average molecular weight is 165 g/mol. The zero-order chi connectivity index (χ0) is 8.34. The Hall–Kier alpha value is -0.0400. The van der Waals surface area contributed by atoms with Crippen molar-refractivity contribution in [1.29, 1.82) is 0 Å². The molecule has 0 saturated heterocycles. The normalized spacial score (nSPS) is 62.5. The molecule has 3 atom stereocenters. The summed E-state index contributed by atoms with van der Waals surface area (Å²) in [6.07, 6.45) is 6.14. The minimum atomic E-state index is -0.491. The molecule has 4 saturated carbocycles. The van der Waals surface area contributed by atoms with Gasteiger partial charge in [0, 0.05) is 0 Å². The van der Waals surface area contributed by atoms with Gasteiger partial charge >= 0.3 is 0 Å².